The van der Waals surface area contributed by atoms with E-state index in [9.17, 15) is 0 Å². The van der Waals surface area contributed by atoms with Gasteiger partial charge in [0, 0.05) is 31.4 Å². The second kappa shape index (κ2) is 16.9. The molecule has 0 saturated heterocycles. The number of nitrogens with zero attached hydrogens (tertiary/aromatic N) is 2. The molecule has 1 unspecified atom stereocenters. The normalized spacial score (nSPS) is 14.3. The largest absolute Gasteiger partial charge is 0 e. The van der Waals surface area contributed by atoms with E-state index in [1.54, 1.807) is 0 Å². The standard InChI is InChI=1S/C34H24NO.C18H24GeN.Ir/c1-21-19-24(23-11-4-3-5-12-23)20-22(2)31(21)32-27-14-6-8-17-29(27)35-33(32)28-16-10-15-26-25-13-7-9-18-30(25)36-34(26)28;1-14(2)11-16-12-18(15-9-7-6-8-10-15)20-13-17(16)19(3,4)5;/h3-15,17-20,32H,1-2H3;6-9,12-14H,11H2,1-5H3;/q2*-1;/i;11D2;. The molecule has 0 aliphatic carbocycles. The molecule has 2 aromatic heterocycles. The molecule has 1 atom stereocenters. The van der Waals surface area contributed by atoms with E-state index in [1.165, 1.54) is 33.4 Å². The first kappa shape index (κ1) is 37.7. The average molecular weight is 984 g/mol. The number of hydrogen-bond acceptors (Lipinski definition) is 3. The van der Waals surface area contributed by atoms with Gasteiger partial charge < -0.3 is 4.42 Å². The van der Waals surface area contributed by atoms with Crippen molar-refractivity contribution in [2.75, 3.05) is 0 Å². The third-order valence-electron chi connectivity index (χ3n) is 10.5. The monoisotopic (exact) mass is 985 g/mol. The average Bonchev–Trinajstić information content (AvgIpc) is 3.80. The van der Waals surface area contributed by atoms with E-state index < -0.39 is 19.6 Å². The van der Waals surface area contributed by atoms with Gasteiger partial charge in [0.1, 0.15) is 5.58 Å². The van der Waals surface area contributed by atoms with Crippen LogP contribution in [-0.2, 0) is 26.5 Å². The Balaban J connectivity index is 0.000000199. The summed E-state index contributed by atoms with van der Waals surface area (Å²) in [7, 11) is 0. The minimum atomic E-state index is -2.20. The first-order valence-corrected chi connectivity index (χ1v) is 26.8. The molecule has 1 radical (unpaired) electrons. The smallest absolute Gasteiger partial charge is 0 e. The molecule has 0 bridgehead atoms. The fraction of sp³-hybridized carbons (Fsp3) is 0.192. The summed E-state index contributed by atoms with van der Waals surface area (Å²) in [5, 5.41) is 2.22. The molecule has 0 N–H and O–H groups in total. The molecule has 8 aromatic rings. The van der Waals surface area contributed by atoms with Gasteiger partial charge in [0.25, 0.3) is 0 Å². The molecular weight excluding hydrogens is 933 g/mol. The Labute approximate surface area is 356 Å². The van der Waals surface area contributed by atoms with Crippen molar-refractivity contribution in [1.82, 2.24) is 4.98 Å². The number of aromatic nitrogens is 1. The van der Waals surface area contributed by atoms with Gasteiger partial charge in [0.2, 0.25) is 0 Å². The summed E-state index contributed by atoms with van der Waals surface area (Å²) in [5.74, 6) is 6.79. The van der Waals surface area contributed by atoms with Crippen LogP contribution < -0.4 is 4.40 Å². The molecule has 287 valence electrons. The third-order valence-corrected chi connectivity index (χ3v) is 14.7. The minimum absolute atomic E-state index is 0. The molecular formula is C52H48GeIrN2O-2. The Morgan fingerprint density at radius 2 is 1.46 bits per heavy atom. The van der Waals surface area contributed by atoms with Gasteiger partial charge in [-0.25, -0.2) is 0 Å². The van der Waals surface area contributed by atoms with Crippen molar-refractivity contribution in [1.29, 1.82) is 0 Å². The predicted molar refractivity (Wildman–Crippen MR) is 238 cm³/mol. The summed E-state index contributed by atoms with van der Waals surface area (Å²) < 4.78 is 24.7. The van der Waals surface area contributed by atoms with Crippen molar-refractivity contribution in [2.24, 2.45) is 10.9 Å². The van der Waals surface area contributed by atoms with Gasteiger partial charge >= 0.3 is 128 Å². The van der Waals surface area contributed by atoms with Crippen LogP contribution in [0, 0.1) is 31.9 Å². The first-order valence-electron chi connectivity index (χ1n) is 20.5. The van der Waals surface area contributed by atoms with Crippen LogP contribution in [0.4, 0.5) is 5.69 Å². The van der Waals surface area contributed by atoms with Crippen LogP contribution in [-0.4, -0.2) is 24.0 Å². The fourth-order valence-electron chi connectivity index (χ4n) is 7.96. The number of hydrogen-bond donors (Lipinski definition) is 0. The van der Waals surface area contributed by atoms with Crippen LogP contribution in [0.3, 0.4) is 0 Å². The first-order chi connectivity index (χ1) is 27.8. The molecule has 9 rings (SSSR count). The molecule has 0 spiro atoms. The van der Waals surface area contributed by atoms with E-state index in [1.807, 2.05) is 68.6 Å². The second-order valence-corrected chi connectivity index (χ2v) is 26.6. The Morgan fingerprint density at radius 1 is 0.754 bits per heavy atom. The van der Waals surface area contributed by atoms with Crippen LogP contribution >= 0.6 is 0 Å². The minimum Gasteiger partial charge on any atom is 0 e. The molecule has 0 fully saturated rings. The van der Waals surface area contributed by atoms with Crippen molar-refractivity contribution in [3.63, 3.8) is 0 Å². The van der Waals surface area contributed by atoms with E-state index in [0.717, 1.165) is 60.1 Å². The SMILES string of the molecule is Cc1cc(-c2ccccc2)cc(C)c1C1C(c2[c-]ccc3c2oc2ccccc23)=Nc2ccccc21.[2H]C([2H])(c1cc(-c2[c-]cccc2)nc[c]1[Ge]([CH3])([CH3])[CH3])C(C)C.[Ir]. The number of aryl methyl sites for hydroxylation is 2. The van der Waals surface area contributed by atoms with Crippen LogP contribution in [0.25, 0.3) is 44.3 Å². The van der Waals surface area contributed by atoms with E-state index in [2.05, 4.69) is 133 Å². The van der Waals surface area contributed by atoms with Crippen LogP contribution in [0.5, 0.6) is 0 Å². The van der Waals surface area contributed by atoms with Gasteiger partial charge in [-0.15, -0.1) is 18.2 Å². The van der Waals surface area contributed by atoms with Crippen LogP contribution in [0.15, 0.2) is 149 Å². The number of fused-ring (bicyclic) bond motifs is 4. The maximum atomic E-state index is 8.56. The van der Waals surface area contributed by atoms with Gasteiger partial charge in [-0.1, -0.05) is 89.8 Å². The quantitative estimate of drug-likeness (QED) is 0.118. The number of pyridine rings is 1. The van der Waals surface area contributed by atoms with Crippen molar-refractivity contribution < 1.29 is 27.3 Å². The molecule has 1 aliphatic heterocycles. The molecule has 0 saturated carbocycles. The summed E-state index contributed by atoms with van der Waals surface area (Å²) in [4.78, 5) is 9.79. The maximum absolute atomic E-state index is 8.56. The van der Waals surface area contributed by atoms with Crippen molar-refractivity contribution >= 4 is 51.0 Å². The van der Waals surface area contributed by atoms with Gasteiger partial charge in [-0.3, -0.25) is 4.99 Å². The Kier molecular flexibility index (Phi) is 11.2. The van der Waals surface area contributed by atoms with Crippen LogP contribution in [0.1, 0.15) is 55.9 Å². The van der Waals surface area contributed by atoms with Gasteiger partial charge in [-0.2, -0.15) is 0 Å². The van der Waals surface area contributed by atoms with Crippen molar-refractivity contribution in [2.45, 2.75) is 57.3 Å². The van der Waals surface area contributed by atoms with E-state index in [0.29, 0.717) is 0 Å². The summed E-state index contributed by atoms with van der Waals surface area (Å²) in [5.41, 5.74) is 14.8. The molecule has 6 aromatic carbocycles. The second-order valence-electron chi connectivity index (χ2n) is 16.0. The van der Waals surface area contributed by atoms with Crippen molar-refractivity contribution in [3.8, 4) is 22.4 Å². The zero-order valence-corrected chi connectivity index (χ0v) is 38.1. The number of aliphatic imine (C=N–C) groups is 1. The molecule has 57 heavy (non-hydrogen) atoms. The topological polar surface area (TPSA) is 38.4 Å². The summed E-state index contributed by atoms with van der Waals surface area (Å²) in [6.45, 7) is 8.32. The van der Waals surface area contributed by atoms with Crippen molar-refractivity contribution in [3.05, 3.63) is 185 Å². The molecule has 3 nitrogen and oxygen atoms in total. The third kappa shape index (κ3) is 8.27. The molecule has 3 heterocycles. The Bertz CT molecular complexity index is 2780. The number of para-hydroxylation sites is 2. The van der Waals surface area contributed by atoms with E-state index in [4.69, 9.17) is 12.2 Å². The summed E-state index contributed by atoms with van der Waals surface area (Å²) in [6.07, 6.45) is 0.562. The fourth-order valence-corrected chi connectivity index (χ4v) is 10.9. The number of furan rings is 1. The molecule has 1 aliphatic rings. The van der Waals surface area contributed by atoms with Gasteiger partial charge in [0.15, 0.2) is 0 Å². The van der Waals surface area contributed by atoms with E-state index >= 15 is 0 Å². The Morgan fingerprint density at radius 3 is 2.18 bits per heavy atom. The molecule has 5 heteroatoms. The number of rotatable bonds is 7. The molecule has 0 amide bonds. The summed E-state index contributed by atoms with van der Waals surface area (Å²) in [6, 6.07) is 52.3. The number of benzene rings is 6. The van der Waals surface area contributed by atoms with Gasteiger partial charge in [0.05, 0.1) is 11.3 Å². The zero-order valence-electron chi connectivity index (χ0n) is 35.6. The van der Waals surface area contributed by atoms with E-state index in [-0.39, 0.29) is 31.9 Å². The van der Waals surface area contributed by atoms with Crippen LogP contribution in [0.2, 0.25) is 17.3 Å². The zero-order chi connectivity index (χ0) is 40.8. The Hall–Kier alpha value is -4.87. The predicted octanol–water partition coefficient (Wildman–Crippen LogP) is 13.2. The maximum Gasteiger partial charge on any atom is 0 e. The summed E-state index contributed by atoms with van der Waals surface area (Å²) >= 11 is -2.20. The van der Waals surface area contributed by atoms with Gasteiger partial charge in [-0.05, 0) is 65.1 Å².